The van der Waals surface area contributed by atoms with Gasteiger partial charge in [0.05, 0.1) is 11.6 Å². The third-order valence-electron chi connectivity index (χ3n) is 4.99. The van der Waals surface area contributed by atoms with Crippen LogP contribution in [0.4, 0.5) is 4.39 Å². The Morgan fingerprint density at radius 3 is 2.57 bits per heavy atom. The van der Waals surface area contributed by atoms with Gasteiger partial charge in [-0.05, 0) is 62.3 Å². The fourth-order valence-corrected chi connectivity index (χ4v) is 3.46. The Kier molecular flexibility index (Phi) is 5.39. The lowest BCUT2D eigenvalue weighted by Crippen LogP contribution is -2.48. The van der Waals surface area contributed by atoms with E-state index < -0.39 is 0 Å². The van der Waals surface area contributed by atoms with E-state index in [4.69, 9.17) is 4.74 Å². The molecule has 2 rings (SSSR count). The van der Waals surface area contributed by atoms with Crippen LogP contribution in [0.5, 0.6) is 0 Å². The standard InChI is InChI=1S/C18H28FNO/c1-5-20-17(15-7-6-14(3)16(19)12-15)18(21-4)10-8-13(2)9-11-18/h6-7,12-13,17,20H,5,8-11H2,1-4H3. The van der Waals surface area contributed by atoms with Gasteiger partial charge in [0.25, 0.3) is 0 Å². The summed E-state index contributed by atoms with van der Waals surface area (Å²) in [6, 6.07) is 5.62. The van der Waals surface area contributed by atoms with Crippen LogP contribution in [0.2, 0.25) is 0 Å². The molecule has 0 radical (unpaired) electrons. The fraction of sp³-hybridized carbons (Fsp3) is 0.667. The van der Waals surface area contributed by atoms with Gasteiger partial charge >= 0.3 is 0 Å². The number of methoxy groups -OCH3 is 1. The summed E-state index contributed by atoms with van der Waals surface area (Å²) in [5.74, 6) is 0.621. The molecule has 118 valence electrons. The van der Waals surface area contributed by atoms with Crippen LogP contribution in [-0.2, 0) is 4.74 Å². The summed E-state index contributed by atoms with van der Waals surface area (Å²) in [4.78, 5) is 0. The minimum absolute atomic E-state index is 0.0510. The highest BCUT2D eigenvalue weighted by Crippen LogP contribution is 2.43. The van der Waals surface area contributed by atoms with Gasteiger partial charge in [0, 0.05) is 7.11 Å². The summed E-state index contributed by atoms with van der Waals surface area (Å²) in [6.45, 7) is 7.04. The van der Waals surface area contributed by atoms with Gasteiger partial charge in [-0.2, -0.15) is 0 Å². The average molecular weight is 293 g/mol. The molecule has 1 aliphatic rings. The Hall–Kier alpha value is -0.930. The van der Waals surface area contributed by atoms with Gasteiger partial charge in [-0.3, -0.25) is 0 Å². The molecule has 1 atom stereocenters. The highest BCUT2D eigenvalue weighted by atomic mass is 19.1. The van der Waals surface area contributed by atoms with E-state index in [-0.39, 0.29) is 17.5 Å². The third-order valence-corrected chi connectivity index (χ3v) is 4.99. The maximum absolute atomic E-state index is 14.0. The van der Waals surface area contributed by atoms with E-state index in [0.29, 0.717) is 5.56 Å². The first kappa shape index (κ1) is 16.4. The summed E-state index contributed by atoms with van der Waals surface area (Å²) in [5.41, 5.74) is 1.47. The first-order valence-electron chi connectivity index (χ1n) is 8.07. The Morgan fingerprint density at radius 2 is 2.05 bits per heavy atom. The van der Waals surface area contributed by atoms with Gasteiger partial charge in [0.1, 0.15) is 5.82 Å². The summed E-state index contributed by atoms with van der Waals surface area (Å²) < 4.78 is 20.0. The van der Waals surface area contributed by atoms with E-state index in [1.165, 1.54) is 12.8 Å². The Balaban J connectivity index is 2.33. The van der Waals surface area contributed by atoms with Crippen molar-refractivity contribution in [3.05, 3.63) is 35.1 Å². The number of nitrogens with one attached hydrogen (secondary N) is 1. The molecule has 21 heavy (non-hydrogen) atoms. The first-order chi connectivity index (χ1) is 10.0. The zero-order chi connectivity index (χ0) is 15.5. The Bertz CT molecular complexity index is 466. The molecule has 1 aromatic rings. The number of hydrogen-bond donors (Lipinski definition) is 1. The van der Waals surface area contributed by atoms with Crippen LogP contribution in [0.15, 0.2) is 18.2 Å². The van der Waals surface area contributed by atoms with Crippen LogP contribution in [0.1, 0.15) is 56.7 Å². The smallest absolute Gasteiger partial charge is 0.126 e. The second kappa shape index (κ2) is 6.89. The van der Waals surface area contributed by atoms with Crippen LogP contribution in [-0.4, -0.2) is 19.3 Å². The molecule has 2 nitrogen and oxygen atoms in total. The largest absolute Gasteiger partial charge is 0.376 e. The summed E-state index contributed by atoms with van der Waals surface area (Å²) >= 11 is 0. The quantitative estimate of drug-likeness (QED) is 0.870. The molecule has 0 aliphatic heterocycles. The average Bonchev–Trinajstić information content (AvgIpc) is 2.49. The van der Waals surface area contributed by atoms with Crippen molar-refractivity contribution in [3.8, 4) is 0 Å². The lowest BCUT2D eigenvalue weighted by Gasteiger charge is -2.44. The lowest BCUT2D eigenvalue weighted by atomic mass is 9.73. The van der Waals surface area contributed by atoms with Gasteiger partial charge in [0.2, 0.25) is 0 Å². The van der Waals surface area contributed by atoms with Crippen LogP contribution >= 0.6 is 0 Å². The predicted molar refractivity (Wildman–Crippen MR) is 84.9 cm³/mol. The summed E-state index contributed by atoms with van der Waals surface area (Å²) in [5, 5.41) is 3.53. The predicted octanol–water partition coefficient (Wildman–Crippen LogP) is 4.38. The van der Waals surface area contributed by atoms with Gasteiger partial charge < -0.3 is 10.1 Å². The molecule has 1 saturated carbocycles. The number of rotatable bonds is 5. The molecule has 0 saturated heterocycles. The summed E-state index contributed by atoms with van der Waals surface area (Å²) in [7, 11) is 1.80. The number of aryl methyl sites for hydroxylation is 1. The molecule has 1 unspecified atom stereocenters. The highest BCUT2D eigenvalue weighted by Gasteiger charge is 2.42. The number of ether oxygens (including phenoxy) is 1. The normalized spacial score (nSPS) is 27.6. The molecule has 0 spiro atoms. The Labute approximate surface area is 128 Å². The minimum atomic E-state index is -0.218. The van der Waals surface area contributed by atoms with Crippen molar-refractivity contribution >= 4 is 0 Å². The fourth-order valence-electron chi connectivity index (χ4n) is 3.46. The van der Waals surface area contributed by atoms with E-state index in [9.17, 15) is 4.39 Å². The van der Waals surface area contributed by atoms with Gasteiger partial charge in [-0.25, -0.2) is 4.39 Å². The maximum Gasteiger partial charge on any atom is 0.126 e. The lowest BCUT2D eigenvalue weighted by molar-refractivity contribution is -0.0758. The van der Waals surface area contributed by atoms with Crippen molar-refractivity contribution < 1.29 is 9.13 Å². The van der Waals surface area contributed by atoms with Crippen molar-refractivity contribution in [2.45, 2.75) is 58.1 Å². The van der Waals surface area contributed by atoms with Gasteiger partial charge in [0.15, 0.2) is 0 Å². The highest BCUT2D eigenvalue weighted by molar-refractivity contribution is 5.28. The van der Waals surface area contributed by atoms with Crippen molar-refractivity contribution in [1.82, 2.24) is 5.32 Å². The van der Waals surface area contributed by atoms with Gasteiger partial charge in [-0.15, -0.1) is 0 Å². The van der Waals surface area contributed by atoms with Crippen molar-refractivity contribution in [3.63, 3.8) is 0 Å². The Morgan fingerprint density at radius 1 is 1.38 bits per heavy atom. The second-order valence-electron chi connectivity index (χ2n) is 6.45. The van der Waals surface area contributed by atoms with Gasteiger partial charge in [-0.1, -0.05) is 26.0 Å². The number of benzene rings is 1. The molecular formula is C18H28FNO. The van der Waals surface area contributed by atoms with Crippen LogP contribution in [0, 0.1) is 18.7 Å². The maximum atomic E-state index is 14.0. The van der Waals surface area contributed by atoms with E-state index in [1.807, 2.05) is 12.1 Å². The number of likely N-dealkylation sites (N-methyl/N-ethyl adjacent to an activating group) is 1. The number of hydrogen-bond acceptors (Lipinski definition) is 2. The molecular weight excluding hydrogens is 265 g/mol. The SMILES string of the molecule is CCNC(c1ccc(C)c(F)c1)C1(OC)CCC(C)CC1. The zero-order valence-corrected chi connectivity index (χ0v) is 13.7. The summed E-state index contributed by atoms with van der Waals surface area (Å²) in [6.07, 6.45) is 4.39. The molecule has 1 aliphatic carbocycles. The van der Waals surface area contributed by atoms with E-state index >= 15 is 0 Å². The molecule has 1 fully saturated rings. The first-order valence-corrected chi connectivity index (χ1v) is 8.07. The molecule has 3 heteroatoms. The van der Waals surface area contributed by atoms with Crippen LogP contribution in [0.3, 0.4) is 0 Å². The molecule has 0 heterocycles. The topological polar surface area (TPSA) is 21.3 Å². The van der Waals surface area contributed by atoms with E-state index in [1.54, 1.807) is 20.1 Å². The minimum Gasteiger partial charge on any atom is -0.376 e. The molecule has 0 bridgehead atoms. The van der Waals surface area contributed by atoms with Crippen LogP contribution in [0.25, 0.3) is 0 Å². The molecule has 1 N–H and O–H groups in total. The molecule has 1 aromatic carbocycles. The van der Waals surface area contributed by atoms with Crippen molar-refractivity contribution in [1.29, 1.82) is 0 Å². The molecule has 0 aromatic heterocycles. The monoisotopic (exact) mass is 293 g/mol. The zero-order valence-electron chi connectivity index (χ0n) is 13.7. The second-order valence-corrected chi connectivity index (χ2v) is 6.45. The van der Waals surface area contributed by atoms with E-state index in [2.05, 4.69) is 19.2 Å². The van der Waals surface area contributed by atoms with Crippen LogP contribution < -0.4 is 5.32 Å². The third kappa shape index (κ3) is 3.46. The molecule has 0 amide bonds. The van der Waals surface area contributed by atoms with Crippen molar-refractivity contribution in [2.75, 3.05) is 13.7 Å². The van der Waals surface area contributed by atoms with E-state index in [0.717, 1.165) is 30.9 Å². The van der Waals surface area contributed by atoms with Crippen molar-refractivity contribution in [2.24, 2.45) is 5.92 Å². The number of halogens is 1.